The summed E-state index contributed by atoms with van der Waals surface area (Å²) in [6, 6.07) is 20.4. The topological polar surface area (TPSA) is 17.1 Å². The molecule has 0 spiro atoms. The zero-order valence-electron chi connectivity index (χ0n) is 10.8. The molecule has 0 bridgehead atoms. The maximum Gasteiger partial charge on any atom is 0.150 e. The molecular weight excluding hydrogens is 232 g/mol. The summed E-state index contributed by atoms with van der Waals surface area (Å²) in [4.78, 5) is 10.7. The Hall–Kier alpha value is -2.41. The molecule has 92 valence electrons. The molecule has 0 aliphatic carbocycles. The van der Waals surface area contributed by atoms with Crippen LogP contribution in [0, 0.1) is 6.92 Å². The van der Waals surface area contributed by atoms with E-state index in [2.05, 4.69) is 43.3 Å². The first kappa shape index (κ1) is 11.7. The van der Waals surface area contributed by atoms with E-state index in [9.17, 15) is 4.79 Å². The summed E-state index contributed by atoms with van der Waals surface area (Å²) in [7, 11) is 0. The monoisotopic (exact) mass is 246 g/mol. The van der Waals surface area contributed by atoms with Gasteiger partial charge in [0.1, 0.15) is 6.29 Å². The fourth-order valence-corrected chi connectivity index (χ4v) is 2.44. The van der Waals surface area contributed by atoms with Crippen LogP contribution in [0.4, 0.5) is 0 Å². The average molecular weight is 246 g/mol. The van der Waals surface area contributed by atoms with Crippen molar-refractivity contribution in [3.05, 3.63) is 71.8 Å². The summed E-state index contributed by atoms with van der Waals surface area (Å²) >= 11 is 0. The number of rotatable bonds is 2. The van der Waals surface area contributed by atoms with Crippen molar-refractivity contribution in [2.75, 3.05) is 0 Å². The molecule has 0 saturated carbocycles. The summed E-state index contributed by atoms with van der Waals surface area (Å²) < 4.78 is 0. The molecule has 0 saturated heterocycles. The van der Waals surface area contributed by atoms with E-state index < -0.39 is 0 Å². The Morgan fingerprint density at radius 2 is 1.47 bits per heavy atom. The van der Waals surface area contributed by atoms with Crippen molar-refractivity contribution in [1.29, 1.82) is 0 Å². The van der Waals surface area contributed by atoms with E-state index in [1.807, 2.05) is 24.3 Å². The van der Waals surface area contributed by atoms with Gasteiger partial charge < -0.3 is 0 Å². The molecule has 0 atom stereocenters. The fourth-order valence-electron chi connectivity index (χ4n) is 2.44. The normalized spacial score (nSPS) is 10.6. The molecule has 3 aromatic rings. The number of aldehydes is 1. The predicted molar refractivity (Wildman–Crippen MR) is 79.5 cm³/mol. The molecule has 0 N–H and O–H groups in total. The SMILES string of the molecule is Cc1ccc(-c2ccc(C=O)cc2)c2ccccc12. The molecule has 1 heteroatoms. The number of carbonyl (C=O) groups is 1. The molecule has 0 aliphatic rings. The minimum Gasteiger partial charge on any atom is -0.298 e. The van der Waals surface area contributed by atoms with E-state index in [4.69, 9.17) is 0 Å². The zero-order chi connectivity index (χ0) is 13.2. The van der Waals surface area contributed by atoms with Crippen molar-refractivity contribution >= 4 is 17.1 Å². The van der Waals surface area contributed by atoms with Crippen molar-refractivity contribution in [2.45, 2.75) is 6.92 Å². The summed E-state index contributed by atoms with van der Waals surface area (Å²) in [5, 5.41) is 2.53. The van der Waals surface area contributed by atoms with E-state index in [-0.39, 0.29) is 0 Å². The van der Waals surface area contributed by atoms with Crippen LogP contribution < -0.4 is 0 Å². The maximum atomic E-state index is 10.7. The second kappa shape index (κ2) is 4.69. The van der Waals surface area contributed by atoms with Crippen molar-refractivity contribution in [2.24, 2.45) is 0 Å². The highest BCUT2D eigenvalue weighted by atomic mass is 16.1. The standard InChI is InChI=1S/C18H14O/c1-13-6-11-17(18-5-3-2-4-16(13)18)15-9-7-14(12-19)8-10-15/h2-12H,1H3. The summed E-state index contributed by atoms with van der Waals surface area (Å²) in [6.45, 7) is 2.13. The van der Waals surface area contributed by atoms with Gasteiger partial charge in [0.2, 0.25) is 0 Å². The van der Waals surface area contributed by atoms with Crippen LogP contribution in [0.1, 0.15) is 15.9 Å². The molecular formula is C18H14O. The van der Waals surface area contributed by atoms with Crippen LogP contribution in [-0.4, -0.2) is 6.29 Å². The Bertz CT molecular complexity index is 739. The van der Waals surface area contributed by atoms with Gasteiger partial charge in [-0.2, -0.15) is 0 Å². The van der Waals surface area contributed by atoms with E-state index in [1.54, 1.807) is 0 Å². The van der Waals surface area contributed by atoms with Gasteiger partial charge >= 0.3 is 0 Å². The van der Waals surface area contributed by atoms with Crippen LogP contribution in [0.5, 0.6) is 0 Å². The van der Waals surface area contributed by atoms with Gasteiger partial charge in [0.05, 0.1) is 0 Å². The Balaban J connectivity index is 2.24. The number of hydrogen-bond donors (Lipinski definition) is 0. The first-order valence-corrected chi connectivity index (χ1v) is 6.33. The third-order valence-corrected chi connectivity index (χ3v) is 3.50. The van der Waals surface area contributed by atoms with Gasteiger partial charge in [-0.05, 0) is 34.4 Å². The van der Waals surface area contributed by atoms with Gasteiger partial charge in [0.15, 0.2) is 0 Å². The zero-order valence-corrected chi connectivity index (χ0v) is 10.8. The molecule has 0 unspecified atom stereocenters. The molecule has 1 nitrogen and oxygen atoms in total. The van der Waals surface area contributed by atoms with Gasteiger partial charge in [-0.15, -0.1) is 0 Å². The first-order chi connectivity index (χ1) is 9.29. The lowest BCUT2D eigenvalue weighted by atomic mass is 9.95. The van der Waals surface area contributed by atoms with Crippen LogP contribution in [-0.2, 0) is 0 Å². The quantitative estimate of drug-likeness (QED) is 0.602. The lowest BCUT2D eigenvalue weighted by molar-refractivity contribution is 0.112. The molecule has 19 heavy (non-hydrogen) atoms. The van der Waals surface area contributed by atoms with Crippen molar-refractivity contribution < 1.29 is 4.79 Å². The molecule has 0 aliphatic heterocycles. The lowest BCUT2D eigenvalue weighted by Crippen LogP contribution is -1.85. The van der Waals surface area contributed by atoms with Crippen LogP contribution in [0.15, 0.2) is 60.7 Å². The Morgan fingerprint density at radius 3 is 2.16 bits per heavy atom. The molecule has 0 fully saturated rings. The molecule has 0 heterocycles. The minimum atomic E-state index is 0.708. The molecule has 0 amide bonds. The number of benzene rings is 3. The Labute approximate surface area is 112 Å². The van der Waals surface area contributed by atoms with E-state index >= 15 is 0 Å². The van der Waals surface area contributed by atoms with Gasteiger partial charge in [-0.1, -0.05) is 60.7 Å². The first-order valence-electron chi connectivity index (χ1n) is 6.33. The summed E-state index contributed by atoms with van der Waals surface area (Å²) in [5.74, 6) is 0. The smallest absolute Gasteiger partial charge is 0.150 e. The highest BCUT2D eigenvalue weighted by Crippen LogP contribution is 2.30. The third kappa shape index (κ3) is 2.04. The minimum absolute atomic E-state index is 0.708. The number of aryl methyl sites for hydroxylation is 1. The highest BCUT2D eigenvalue weighted by molar-refractivity contribution is 5.98. The molecule has 3 aromatic carbocycles. The second-order valence-corrected chi connectivity index (χ2v) is 4.72. The van der Waals surface area contributed by atoms with Gasteiger partial charge in [-0.25, -0.2) is 0 Å². The van der Waals surface area contributed by atoms with Crippen molar-refractivity contribution in [3.63, 3.8) is 0 Å². The van der Waals surface area contributed by atoms with Gasteiger partial charge in [-0.3, -0.25) is 4.79 Å². The number of hydrogen-bond acceptors (Lipinski definition) is 1. The number of fused-ring (bicyclic) bond motifs is 1. The lowest BCUT2D eigenvalue weighted by Gasteiger charge is -2.09. The number of carbonyl (C=O) groups excluding carboxylic acids is 1. The fraction of sp³-hybridized carbons (Fsp3) is 0.0556. The molecule has 0 aromatic heterocycles. The Kier molecular flexibility index (Phi) is 2.88. The predicted octanol–water partition coefficient (Wildman–Crippen LogP) is 4.63. The average Bonchev–Trinajstić information content (AvgIpc) is 2.48. The largest absolute Gasteiger partial charge is 0.298 e. The molecule has 3 rings (SSSR count). The third-order valence-electron chi connectivity index (χ3n) is 3.50. The Morgan fingerprint density at radius 1 is 0.789 bits per heavy atom. The summed E-state index contributed by atoms with van der Waals surface area (Å²) in [5.41, 5.74) is 4.34. The van der Waals surface area contributed by atoms with Gasteiger partial charge in [0, 0.05) is 5.56 Å². The maximum absolute atomic E-state index is 10.7. The summed E-state index contributed by atoms with van der Waals surface area (Å²) in [6.07, 6.45) is 0.872. The van der Waals surface area contributed by atoms with E-state index in [1.165, 1.54) is 21.9 Å². The van der Waals surface area contributed by atoms with Crippen LogP contribution in [0.25, 0.3) is 21.9 Å². The van der Waals surface area contributed by atoms with E-state index in [0.29, 0.717) is 5.56 Å². The van der Waals surface area contributed by atoms with E-state index in [0.717, 1.165) is 11.8 Å². The van der Waals surface area contributed by atoms with Crippen LogP contribution >= 0.6 is 0 Å². The van der Waals surface area contributed by atoms with Crippen molar-refractivity contribution in [1.82, 2.24) is 0 Å². The van der Waals surface area contributed by atoms with Gasteiger partial charge in [0.25, 0.3) is 0 Å². The second-order valence-electron chi connectivity index (χ2n) is 4.72. The molecule has 0 radical (unpaired) electrons. The van der Waals surface area contributed by atoms with Crippen LogP contribution in [0.3, 0.4) is 0 Å². The van der Waals surface area contributed by atoms with Crippen LogP contribution in [0.2, 0.25) is 0 Å². The van der Waals surface area contributed by atoms with Crippen molar-refractivity contribution in [3.8, 4) is 11.1 Å². The highest BCUT2D eigenvalue weighted by Gasteiger charge is 2.05.